The molecule has 0 radical (unpaired) electrons. The fourth-order valence-corrected chi connectivity index (χ4v) is 5.42. The Kier molecular flexibility index (Phi) is 4.77. The van der Waals surface area contributed by atoms with E-state index in [1.165, 1.54) is 17.1 Å². The second kappa shape index (κ2) is 7.34. The van der Waals surface area contributed by atoms with Crippen LogP contribution in [-0.4, -0.2) is 23.7 Å². The number of halogens is 3. The van der Waals surface area contributed by atoms with Crippen LogP contribution < -0.4 is 4.74 Å². The molecule has 0 spiro atoms. The van der Waals surface area contributed by atoms with E-state index in [-0.39, 0.29) is 11.8 Å². The molecule has 3 aliphatic carbocycles. The predicted octanol–water partition coefficient (Wildman–Crippen LogP) is 5.37. The second-order valence-corrected chi connectivity index (χ2v) is 8.96. The monoisotopic (exact) mass is 430 g/mol. The highest BCUT2D eigenvalue weighted by Gasteiger charge is 2.62. The summed E-state index contributed by atoms with van der Waals surface area (Å²) < 4.78 is 33.3. The number of amides is 1. The van der Waals surface area contributed by atoms with Crippen LogP contribution in [0, 0.1) is 28.9 Å². The first-order valence-electron chi connectivity index (χ1n) is 10.1. The van der Waals surface area contributed by atoms with E-state index < -0.39 is 23.1 Å². The van der Waals surface area contributed by atoms with E-state index in [9.17, 15) is 13.6 Å². The quantitative estimate of drug-likeness (QED) is 0.639. The minimum absolute atomic E-state index is 0.0533. The summed E-state index contributed by atoms with van der Waals surface area (Å²) >= 11 is 6.16. The summed E-state index contributed by atoms with van der Waals surface area (Å²) in [6.07, 6.45) is 4.44. The molecule has 2 aromatic carbocycles. The van der Waals surface area contributed by atoms with Crippen molar-refractivity contribution in [2.45, 2.75) is 31.7 Å². The minimum atomic E-state index is -0.649. The van der Waals surface area contributed by atoms with Crippen molar-refractivity contribution in [3.63, 3.8) is 0 Å². The van der Waals surface area contributed by atoms with Gasteiger partial charge < -0.3 is 4.74 Å². The molecule has 1 aliphatic heterocycles. The van der Waals surface area contributed by atoms with Gasteiger partial charge in [-0.05, 0) is 60.9 Å². The van der Waals surface area contributed by atoms with Crippen LogP contribution in [0.5, 0.6) is 5.75 Å². The third-order valence-corrected chi connectivity index (χ3v) is 6.99. The number of hydrogen-bond acceptors (Lipinski definition) is 3. The Morgan fingerprint density at radius 1 is 1.17 bits per heavy atom. The molecule has 3 fully saturated rings. The van der Waals surface area contributed by atoms with E-state index in [0.29, 0.717) is 35.3 Å². The zero-order valence-electron chi connectivity index (χ0n) is 16.2. The number of ether oxygens (including phenoxy) is 1. The van der Waals surface area contributed by atoms with Crippen LogP contribution in [0.25, 0.3) is 0 Å². The van der Waals surface area contributed by atoms with Crippen molar-refractivity contribution in [2.24, 2.45) is 22.4 Å². The number of carbonyl (C=O) groups is 1. The molecule has 1 heterocycles. The second-order valence-electron chi connectivity index (χ2n) is 8.56. The van der Waals surface area contributed by atoms with Crippen molar-refractivity contribution >= 4 is 23.7 Å². The van der Waals surface area contributed by atoms with E-state index in [4.69, 9.17) is 16.3 Å². The maximum Gasteiger partial charge on any atom is 0.249 e. The summed E-state index contributed by atoms with van der Waals surface area (Å²) in [7, 11) is 0. The summed E-state index contributed by atoms with van der Waals surface area (Å²) in [5, 5.41) is 6.27. The van der Waals surface area contributed by atoms with Gasteiger partial charge in [-0.15, -0.1) is 0 Å². The van der Waals surface area contributed by atoms with Gasteiger partial charge in [-0.2, -0.15) is 5.10 Å². The molecule has 3 saturated carbocycles. The Labute approximate surface area is 178 Å². The van der Waals surface area contributed by atoms with Crippen molar-refractivity contribution in [3.8, 4) is 5.75 Å². The zero-order valence-corrected chi connectivity index (χ0v) is 17.0. The molecule has 0 saturated heterocycles. The lowest BCUT2D eigenvalue weighted by molar-refractivity contribution is -0.148. The Morgan fingerprint density at radius 3 is 2.63 bits per heavy atom. The lowest BCUT2D eigenvalue weighted by Gasteiger charge is -2.40. The summed E-state index contributed by atoms with van der Waals surface area (Å²) in [6, 6.07) is 10.3. The van der Waals surface area contributed by atoms with Crippen LogP contribution in [0.15, 0.2) is 47.6 Å². The number of para-hydroxylation sites is 1. The topological polar surface area (TPSA) is 41.9 Å². The smallest absolute Gasteiger partial charge is 0.249 e. The average Bonchev–Trinajstić information content (AvgIpc) is 3.39. The van der Waals surface area contributed by atoms with E-state index >= 15 is 0 Å². The summed E-state index contributed by atoms with van der Waals surface area (Å²) in [5.41, 5.74) is -0.0208. The SMILES string of the molecule is O=C(N1N=CCC1c1cc(F)cc(F)c1)C12CC(C1)[C@H](COc1ccccc1Cl)C2. The predicted molar refractivity (Wildman–Crippen MR) is 109 cm³/mol. The van der Waals surface area contributed by atoms with Gasteiger partial charge in [-0.25, -0.2) is 13.8 Å². The molecule has 2 atom stereocenters. The van der Waals surface area contributed by atoms with Gasteiger partial charge in [0, 0.05) is 18.7 Å². The molecular formula is C23H21ClF2N2O2. The van der Waals surface area contributed by atoms with E-state index in [2.05, 4.69) is 5.10 Å². The maximum atomic E-state index is 13.7. The number of rotatable bonds is 5. The molecule has 1 amide bonds. The van der Waals surface area contributed by atoms with E-state index in [1.807, 2.05) is 18.2 Å². The number of fused-ring (bicyclic) bond motifs is 1. The maximum absolute atomic E-state index is 13.7. The van der Waals surface area contributed by atoms with Crippen LogP contribution >= 0.6 is 11.6 Å². The first-order chi connectivity index (χ1) is 14.4. The van der Waals surface area contributed by atoms with Gasteiger partial charge in [0.05, 0.1) is 23.1 Å². The van der Waals surface area contributed by atoms with Crippen molar-refractivity contribution in [1.82, 2.24) is 5.01 Å². The molecule has 4 nitrogen and oxygen atoms in total. The normalized spacial score (nSPS) is 29.2. The molecule has 0 N–H and O–H groups in total. The van der Waals surface area contributed by atoms with Gasteiger partial charge in [0.15, 0.2) is 0 Å². The lowest BCUT2D eigenvalue weighted by Crippen LogP contribution is -2.45. The van der Waals surface area contributed by atoms with Gasteiger partial charge in [-0.3, -0.25) is 4.79 Å². The largest absolute Gasteiger partial charge is 0.492 e. The first kappa shape index (κ1) is 19.5. The third-order valence-electron chi connectivity index (χ3n) is 6.68. The number of carbonyl (C=O) groups excluding carboxylic acids is 1. The lowest BCUT2D eigenvalue weighted by atomic mass is 9.68. The molecule has 4 aliphatic rings. The molecule has 7 heteroatoms. The standard InChI is InChI=1S/C23H21ClF2N2O2/c24-19-3-1-2-4-21(19)30-13-16-12-23(10-15(16)11-23)22(29)28-20(5-6-27-28)14-7-17(25)9-18(26)8-14/h1-4,6-9,15-16,20H,5,10-13H2/t15?,16-,20?,23?/m0/s1. The fraction of sp³-hybridized carbons (Fsp3) is 0.391. The number of hydrogen-bond donors (Lipinski definition) is 0. The van der Waals surface area contributed by atoms with Gasteiger partial charge in [0.2, 0.25) is 5.91 Å². The van der Waals surface area contributed by atoms with E-state index in [1.54, 1.807) is 12.3 Å². The Morgan fingerprint density at radius 2 is 1.90 bits per heavy atom. The molecule has 2 bridgehead atoms. The molecule has 0 aromatic heterocycles. The van der Waals surface area contributed by atoms with Gasteiger partial charge >= 0.3 is 0 Å². The number of benzene rings is 2. The number of hydrazone groups is 1. The van der Waals surface area contributed by atoms with Gasteiger partial charge in [0.1, 0.15) is 17.4 Å². The van der Waals surface area contributed by atoms with Gasteiger partial charge in [-0.1, -0.05) is 23.7 Å². The minimum Gasteiger partial charge on any atom is -0.492 e. The fourth-order valence-electron chi connectivity index (χ4n) is 5.23. The molecule has 30 heavy (non-hydrogen) atoms. The Hall–Kier alpha value is -2.47. The summed E-state index contributed by atoms with van der Waals surface area (Å²) in [5.74, 6) is 0.0194. The highest BCUT2D eigenvalue weighted by molar-refractivity contribution is 6.32. The summed E-state index contributed by atoms with van der Waals surface area (Å²) in [4.78, 5) is 13.4. The molecule has 1 unspecified atom stereocenters. The average molecular weight is 431 g/mol. The van der Waals surface area contributed by atoms with Crippen LogP contribution in [0.2, 0.25) is 5.02 Å². The number of nitrogens with zero attached hydrogens (tertiary/aromatic N) is 2. The van der Waals surface area contributed by atoms with E-state index in [0.717, 1.165) is 25.3 Å². The molecular weight excluding hydrogens is 410 g/mol. The highest BCUT2D eigenvalue weighted by atomic mass is 35.5. The molecule has 156 valence electrons. The third kappa shape index (κ3) is 3.27. The van der Waals surface area contributed by atoms with Crippen LogP contribution in [0.3, 0.4) is 0 Å². The van der Waals surface area contributed by atoms with Crippen molar-refractivity contribution in [3.05, 3.63) is 64.7 Å². The first-order valence-corrected chi connectivity index (χ1v) is 10.5. The van der Waals surface area contributed by atoms with Crippen molar-refractivity contribution < 1.29 is 18.3 Å². The molecule has 6 rings (SSSR count). The highest BCUT2D eigenvalue weighted by Crippen LogP contribution is 2.63. The van der Waals surface area contributed by atoms with Crippen molar-refractivity contribution in [1.29, 1.82) is 0 Å². The zero-order chi connectivity index (χ0) is 20.9. The van der Waals surface area contributed by atoms with Crippen LogP contribution in [-0.2, 0) is 4.79 Å². The van der Waals surface area contributed by atoms with Gasteiger partial charge in [0.25, 0.3) is 0 Å². The Bertz CT molecular complexity index is 1000. The molecule has 2 aromatic rings. The summed E-state index contributed by atoms with van der Waals surface area (Å²) in [6.45, 7) is 0.519. The van der Waals surface area contributed by atoms with Crippen molar-refractivity contribution in [2.75, 3.05) is 6.61 Å². The van der Waals surface area contributed by atoms with Crippen LogP contribution in [0.1, 0.15) is 37.3 Å². The Balaban J connectivity index is 1.28. The van der Waals surface area contributed by atoms with Crippen LogP contribution in [0.4, 0.5) is 8.78 Å².